The van der Waals surface area contributed by atoms with Crippen LogP contribution in [0.2, 0.25) is 5.02 Å². The normalized spacial score (nSPS) is 10.7. The molecule has 4 heteroatoms. The lowest BCUT2D eigenvalue weighted by molar-refractivity contribution is 0.305. The fraction of sp³-hybridized carbons (Fsp3) is 0.0625. The Balaban J connectivity index is 1.77. The maximum Gasteiger partial charge on any atom is 0.145 e. The third-order valence-electron chi connectivity index (χ3n) is 2.96. The second-order valence-corrected chi connectivity index (χ2v) is 4.80. The van der Waals surface area contributed by atoms with Gasteiger partial charge in [-0.05, 0) is 35.9 Å². The second-order valence-electron chi connectivity index (χ2n) is 4.40. The molecule has 100 valence electrons. The Kier molecular flexibility index (Phi) is 3.52. The van der Waals surface area contributed by atoms with Crippen LogP contribution in [0.5, 0.6) is 5.75 Å². The zero-order valence-electron chi connectivity index (χ0n) is 10.5. The van der Waals surface area contributed by atoms with Crippen molar-refractivity contribution in [2.24, 2.45) is 0 Å². The average Bonchev–Trinajstić information content (AvgIpc) is 2.48. The van der Waals surface area contributed by atoms with Crippen molar-refractivity contribution in [3.05, 3.63) is 71.1 Å². The van der Waals surface area contributed by atoms with Crippen molar-refractivity contribution in [2.45, 2.75) is 6.61 Å². The fourth-order valence-electron chi connectivity index (χ4n) is 1.95. The molecule has 1 heterocycles. The monoisotopic (exact) mass is 287 g/mol. The minimum Gasteiger partial charge on any atom is -0.489 e. The summed E-state index contributed by atoms with van der Waals surface area (Å²) in [5.74, 6) is -0.0231. The van der Waals surface area contributed by atoms with E-state index in [4.69, 9.17) is 16.3 Å². The molecule has 1 aromatic heterocycles. The fourth-order valence-corrected chi connectivity index (χ4v) is 2.07. The lowest BCUT2D eigenvalue weighted by atomic mass is 10.1. The van der Waals surface area contributed by atoms with E-state index in [1.54, 1.807) is 12.3 Å². The van der Waals surface area contributed by atoms with Crippen LogP contribution in [-0.4, -0.2) is 4.98 Å². The van der Waals surface area contributed by atoms with Crippen LogP contribution < -0.4 is 4.74 Å². The molecule has 0 aliphatic rings. The highest BCUT2D eigenvalue weighted by molar-refractivity contribution is 6.30. The van der Waals surface area contributed by atoms with Crippen molar-refractivity contribution in [2.75, 3.05) is 0 Å². The third-order valence-corrected chi connectivity index (χ3v) is 3.27. The van der Waals surface area contributed by atoms with Gasteiger partial charge < -0.3 is 4.74 Å². The highest BCUT2D eigenvalue weighted by atomic mass is 35.5. The van der Waals surface area contributed by atoms with Crippen LogP contribution in [0.3, 0.4) is 0 Å². The van der Waals surface area contributed by atoms with Crippen LogP contribution in [0.15, 0.2) is 54.7 Å². The van der Waals surface area contributed by atoms with Gasteiger partial charge in [0.2, 0.25) is 0 Å². The number of pyridine rings is 1. The molecule has 3 rings (SSSR count). The number of aromatic nitrogens is 1. The first kappa shape index (κ1) is 12.9. The first-order valence-corrected chi connectivity index (χ1v) is 6.52. The van der Waals surface area contributed by atoms with Gasteiger partial charge in [0.15, 0.2) is 0 Å². The van der Waals surface area contributed by atoms with Crippen molar-refractivity contribution >= 4 is 22.5 Å². The molecule has 0 saturated carbocycles. The standard InChI is InChI=1S/C16H11ClFNO/c17-14-5-4-13(9-15(14)18)20-10-11-3-6-16-12(8-11)2-1-7-19-16/h1-9H,10H2. The quantitative estimate of drug-likeness (QED) is 0.702. The van der Waals surface area contributed by atoms with Crippen LogP contribution in [0.4, 0.5) is 4.39 Å². The van der Waals surface area contributed by atoms with Gasteiger partial charge in [-0.3, -0.25) is 4.98 Å². The van der Waals surface area contributed by atoms with E-state index in [2.05, 4.69) is 4.98 Å². The summed E-state index contributed by atoms with van der Waals surface area (Å²) in [6.07, 6.45) is 1.76. The molecule has 0 radical (unpaired) electrons. The largest absolute Gasteiger partial charge is 0.489 e. The Morgan fingerprint density at radius 1 is 1.10 bits per heavy atom. The zero-order valence-corrected chi connectivity index (χ0v) is 11.3. The Bertz CT molecular complexity index is 760. The van der Waals surface area contributed by atoms with Gasteiger partial charge in [0.25, 0.3) is 0 Å². The SMILES string of the molecule is Fc1cc(OCc2ccc3ncccc3c2)ccc1Cl. The molecule has 0 aliphatic heterocycles. The Morgan fingerprint density at radius 2 is 2.00 bits per heavy atom. The highest BCUT2D eigenvalue weighted by Crippen LogP contribution is 2.21. The number of hydrogen-bond donors (Lipinski definition) is 0. The summed E-state index contributed by atoms with van der Waals surface area (Å²) < 4.78 is 18.9. The summed E-state index contributed by atoms with van der Waals surface area (Å²) in [7, 11) is 0. The summed E-state index contributed by atoms with van der Waals surface area (Å²) in [5.41, 5.74) is 1.94. The number of fused-ring (bicyclic) bond motifs is 1. The van der Waals surface area contributed by atoms with Crippen LogP contribution in [0.25, 0.3) is 10.9 Å². The minimum absolute atomic E-state index is 0.0918. The molecule has 0 atom stereocenters. The van der Waals surface area contributed by atoms with E-state index in [0.717, 1.165) is 16.5 Å². The molecular formula is C16H11ClFNO. The molecule has 0 saturated heterocycles. The Hall–Kier alpha value is -2.13. The molecule has 0 amide bonds. The first-order valence-electron chi connectivity index (χ1n) is 6.14. The Labute approximate surface area is 120 Å². The molecule has 0 spiro atoms. The number of ether oxygens (including phenoxy) is 1. The molecule has 0 unspecified atom stereocenters. The van der Waals surface area contributed by atoms with Gasteiger partial charge in [-0.15, -0.1) is 0 Å². The molecule has 2 aromatic carbocycles. The van der Waals surface area contributed by atoms with Gasteiger partial charge in [-0.25, -0.2) is 4.39 Å². The van der Waals surface area contributed by atoms with Gasteiger partial charge in [0, 0.05) is 17.6 Å². The van der Waals surface area contributed by atoms with E-state index in [-0.39, 0.29) is 5.02 Å². The van der Waals surface area contributed by atoms with Crippen molar-refractivity contribution in [1.29, 1.82) is 0 Å². The van der Waals surface area contributed by atoms with E-state index in [9.17, 15) is 4.39 Å². The van der Waals surface area contributed by atoms with Gasteiger partial charge in [-0.1, -0.05) is 23.7 Å². The second kappa shape index (κ2) is 5.47. The summed E-state index contributed by atoms with van der Waals surface area (Å²) in [4.78, 5) is 4.26. The molecule has 3 aromatic rings. The molecule has 0 aliphatic carbocycles. The topological polar surface area (TPSA) is 22.1 Å². The van der Waals surface area contributed by atoms with E-state index >= 15 is 0 Å². The summed E-state index contributed by atoms with van der Waals surface area (Å²) in [6, 6.07) is 14.2. The third kappa shape index (κ3) is 2.73. The molecule has 0 bridgehead atoms. The van der Waals surface area contributed by atoms with E-state index in [1.807, 2.05) is 30.3 Å². The van der Waals surface area contributed by atoms with Crippen LogP contribution in [0, 0.1) is 5.82 Å². The van der Waals surface area contributed by atoms with Crippen molar-refractivity contribution in [3.63, 3.8) is 0 Å². The molecule has 20 heavy (non-hydrogen) atoms. The molecule has 2 nitrogen and oxygen atoms in total. The van der Waals surface area contributed by atoms with Gasteiger partial charge in [0.1, 0.15) is 18.2 Å². The predicted octanol–water partition coefficient (Wildman–Crippen LogP) is 4.61. The summed E-state index contributed by atoms with van der Waals surface area (Å²) >= 11 is 5.63. The van der Waals surface area contributed by atoms with E-state index in [1.165, 1.54) is 12.1 Å². The van der Waals surface area contributed by atoms with Crippen LogP contribution in [-0.2, 0) is 6.61 Å². The minimum atomic E-state index is -0.480. The smallest absolute Gasteiger partial charge is 0.145 e. The highest BCUT2D eigenvalue weighted by Gasteiger charge is 2.03. The molecule has 0 fully saturated rings. The Morgan fingerprint density at radius 3 is 2.85 bits per heavy atom. The number of benzene rings is 2. The van der Waals surface area contributed by atoms with Crippen molar-refractivity contribution < 1.29 is 9.13 Å². The molecule has 0 N–H and O–H groups in total. The maximum atomic E-state index is 13.3. The zero-order chi connectivity index (χ0) is 13.9. The lowest BCUT2D eigenvalue weighted by Gasteiger charge is -2.07. The number of rotatable bonds is 3. The maximum absolute atomic E-state index is 13.3. The van der Waals surface area contributed by atoms with Crippen molar-refractivity contribution in [1.82, 2.24) is 4.98 Å². The van der Waals surface area contributed by atoms with Crippen LogP contribution >= 0.6 is 11.6 Å². The van der Waals surface area contributed by atoms with Gasteiger partial charge >= 0.3 is 0 Å². The number of halogens is 2. The van der Waals surface area contributed by atoms with Gasteiger partial charge in [0.05, 0.1) is 10.5 Å². The van der Waals surface area contributed by atoms with Gasteiger partial charge in [-0.2, -0.15) is 0 Å². The van der Waals surface area contributed by atoms with Crippen molar-refractivity contribution in [3.8, 4) is 5.75 Å². The molecular weight excluding hydrogens is 277 g/mol. The predicted molar refractivity (Wildman–Crippen MR) is 77.5 cm³/mol. The lowest BCUT2D eigenvalue weighted by Crippen LogP contribution is -1.96. The van der Waals surface area contributed by atoms with E-state index in [0.29, 0.717) is 12.4 Å². The summed E-state index contributed by atoms with van der Waals surface area (Å²) in [6.45, 7) is 0.367. The van der Waals surface area contributed by atoms with E-state index < -0.39 is 5.82 Å². The first-order chi connectivity index (χ1) is 9.72. The summed E-state index contributed by atoms with van der Waals surface area (Å²) in [5, 5.41) is 1.14. The average molecular weight is 288 g/mol. The number of hydrogen-bond acceptors (Lipinski definition) is 2. The number of nitrogens with zero attached hydrogens (tertiary/aromatic N) is 1. The van der Waals surface area contributed by atoms with Crippen LogP contribution in [0.1, 0.15) is 5.56 Å².